The molecule has 3 unspecified atom stereocenters. The summed E-state index contributed by atoms with van der Waals surface area (Å²) in [6, 6.07) is -0.748. The Morgan fingerprint density at radius 1 is 0.492 bits per heavy atom. The third kappa shape index (κ3) is 45.4. The van der Waals surface area contributed by atoms with E-state index in [0.717, 1.165) is 83.5 Å². The van der Waals surface area contributed by atoms with E-state index in [-0.39, 0.29) is 24.9 Å². The van der Waals surface area contributed by atoms with Gasteiger partial charge < -0.3 is 20.3 Å². The summed E-state index contributed by atoms with van der Waals surface area (Å²) >= 11 is 0. The van der Waals surface area contributed by atoms with E-state index in [1.54, 1.807) is 6.08 Å². The van der Waals surface area contributed by atoms with Crippen molar-refractivity contribution in [2.75, 3.05) is 6.61 Å². The molecule has 0 saturated carbocycles. The molecule has 0 aromatic rings. The third-order valence-corrected chi connectivity index (χ3v) is 11.5. The van der Waals surface area contributed by atoms with E-state index in [0.29, 0.717) is 19.3 Å². The normalized spacial score (nSPS) is 13.9. The van der Waals surface area contributed by atoms with Gasteiger partial charge in [-0.05, 0) is 83.1 Å². The molecule has 63 heavy (non-hydrogen) atoms. The molecule has 0 heterocycles. The predicted molar refractivity (Wildman–Crippen MR) is 273 cm³/mol. The lowest BCUT2D eigenvalue weighted by atomic mass is 10.0. The largest absolute Gasteiger partial charge is 0.458 e. The van der Waals surface area contributed by atoms with Crippen molar-refractivity contribution in [2.24, 2.45) is 0 Å². The fraction of sp³-hybridized carbons (Fsp3) is 0.719. The van der Waals surface area contributed by atoms with Crippen LogP contribution in [-0.4, -0.2) is 46.9 Å². The standard InChI is InChI=1S/C57H99NO5/c1-4-7-10-13-16-19-22-25-27-28-30-31-33-36-39-42-45-48-53(63-57(62)50-47-44-41-38-35-24-21-18-15-12-9-6-3)51-56(61)58-54(52-59)55(60)49-46-43-40-37-34-32-29-26-23-20-17-14-11-8-5-2/h7,10,16,18-19,21,25,27,30-31,36,39,45,48,53-55,59-60H,4-6,8-9,11-15,17,20,22-24,26,28-29,32-35,37-38,40-44,46-47,49-52H2,1-3H3,(H,58,61)/b10-7-,19-16-,21-18-,27-25-,31-30-,39-36-,48-45-. The molecule has 0 aromatic heterocycles. The molecule has 0 saturated heterocycles. The molecule has 0 bridgehead atoms. The summed E-state index contributed by atoms with van der Waals surface area (Å²) in [4.78, 5) is 26.1. The smallest absolute Gasteiger partial charge is 0.306 e. The third-order valence-electron chi connectivity index (χ3n) is 11.5. The Morgan fingerprint density at radius 3 is 1.37 bits per heavy atom. The minimum absolute atomic E-state index is 0.0535. The van der Waals surface area contributed by atoms with E-state index in [9.17, 15) is 19.8 Å². The average molecular weight is 878 g/mol. The van der Waals surface area contributed by atoms with Gasteiger partial charge in [0.2, 0.25) is 5.91 Å². The van der Waals surface area contributed by atoms with Crippen LogP contribution in [0.1, 0.15) is 239 Å². The number of carbonyl (C=O) groups excluding carboxylic acids is 2. The first-order valence-electron chi connectivity index (χ1n) is 26.3. The summed E-state index contributed by atoms with van der Waals surface area (Å²) < 4.78 is 5.82. The summed E-state index contributed by atoms with van der Waals surface area (Å²) in [6.07, 6.45) is 65.3. The van der Waals surface area contributed by atoms with E-state index >= 15 is 0 Å². The van der Waals surface area contributed by atoms with E-state index in [2.05, 4.69) is 99.0 Å². The van der Waals surface area contributed by atoms with Gasteiger partial charge in [0.25, 0.3) is 0 Å². The topological polar surface area (TPSA) is 95.9 Å². The second-order valence-corrected chi connectivity index (χ2v) is 17.5. The Morgan fingerprint density at radius 2 is 0.889 bits per heavy atom. The first-order chi connectivity index (χ1) is 31.0. The lowest BCUT2D eigenvalue weighted by Crippen LogP contribution is -2.46. The SMILES string of the molecule is CC/C=C\C/C=C\C/C=C\C/C=C\C/C=C\C/C=C\C(CC(=O)NC(CO)C(O)CCCCCCCCCCCCCCCCC)OC(=O)CCCCCCC/C=C\CCCCC. The van der Waals surface area contributed by atoms with Crippen LogP contribution in [0.2, 0.25) is 0 Å². The van der Waals surface area contributed by atoms with E-state index < -0.39 is 18.2 Å². The lowest BCUT2D eigenvalue weighted by Gasteiger charge is -2.23. The maximum Gasteiger partial charge on any atom is 0.306 e. The number of rotatable bonds is 46. The molecule has 0 aliphatic carbocycles. The molecular weight excluding hydrogens is 779 g/mol. The maximum absolute atomic E-state index is 13.2. The van der Waals surface area contributed by atoms with Gasteiger partial charge in [0.1, 0.15) is 6.10 Å². The lowest BCUT2D eigenvalue weighted by molar-refractivity contribution is -0.148. The van der Waals surface area contributed by atoms with Crippen LogP contribution in [0, 0.1) is 0 Å². The monoisotopic (exact) mass is 878 g/mol. The van der Waals surface area contributed by atoms with Gasteiger partial charge in [0.05, 0.1) is 25.2 Å². The van der Waals surface area contributed by atoms with Crippen molar-refractivity contribution in [2.45, 2.75) is 257 Å². The predicted octanol–water partition coefficient (Wildman–Crippen LogP) is 16.0. The van der Waals surface area contributed by atoms with Crippen molar-refractivity contribution in [3.05, 3.63) is 85.1 Å². The fourth-order valence-electron chi connectivity index (χ4n) is 7.48. The number of allylic oxidation sites excluding steroid dienone is 13. The second-order valence-electron chi connectivity index (χ2n) is 17.5. The molecule has 0 rings (SSSR count). The van der Waals surface area contributed by atoms with Gasteiger partial charge in [-0.1, -0.05) is 228 Å². The summed E-state index contributed by atoms with van der Waals surface area (Å²) in [5.41, 5.74) is 0. The van der Waals surface area contributed by atoms with Gasteiger partial charge in [-0.25, -0.2) is 0 Å². The minimum Gasteiger partial charge on any atom is -0.458 e. The number of aliphatic hydroxyl groups excluding tert-OH is 2. The molecule has 0 fully saturated rings. The number of aliphatic hydroxyl groups is 2. The molecule has 3 N–H and O–H groups in total. The molecule has 0 radical (unpaired) electrons. The van der Waals surface area contributed by atoms with Crippen molar-refractivity contribution in [3.63, 3.8) is 0 Å². The molecule has 0 aliphatic heterocycles. The van der Waals surface area contributed by atoms with E-state index in [1.165, 1.54) is 109 Å². The van der Waals surface area contributed by atoms with Crippen LogP contribution in [0.25, 0.3) is 0 Å². The Balaban J connectivity index is 4.75. The quantitative estimate of drug-likeness (QED) is 0.0322. The van der Waals surface area contributed by atoms with Crippen LogP contribution >= 0.6 is 0 Å². The zero-order valence-corrected chi connectivity index (χ0v) is 41.2. The maximum atomic E-state index is 13.2. The molecular formula is C57H99NO5. The summed E-state index contributed by atoms with van der Waals surface area (Å²) in [6.45, 7) is 6.31. The van der Waals surface area contributed by atoms with Gasteiger partial charge in [0, 0.05) is 6.42 Å². The zero-order chi connectivity index (χ0) is 45.9. The van der Waals surface area contributed by atoms with Gasteiger partial charge >= 0.3 is 5.97 Å². The van der Waals surface area contributed by atoms with Crippen LogP contribution < -0.4 is 5.32 Å². The molecule has 6 heteroatoms. The highest BCUT2D eigenvalue weighted by Crippen LogP contribution is 2.16. The highest BCUT2D eigenvalue weighted by Gasteiger charge is 2.23. The number of amides is 1. The van der Waals surface area contributed by atoms with Crippen LogP contribution in [0.5, 0.6) is 0 Å². The first-order valence-corrected chi connectivity index (χ1v) is 26.3. The number of esters is 1. The molecule has 6 nitrogen and oxygen atoms in total. The van der Waals surface area contributed by atoms with Gasteiger partial charge in [-0.2, -0.15) is 0 Å². The Kier molecular flexibility index (Phi) is 47.7. The molecule has 0 aliphatic rings. The van der Waals surface area contributed by atoms with Gasteiger partial charge in [-0.15, -0.1) is 0 Å². The Hall–Kier alpha value is -2.96. The number of hydrogen-bond acceptors (Lipinski definition) is 5. The Bertz CT molecular complexity index is 1210. The number of carbonyl (C=O) groups is 2. The molecule has 0 aromatic carbocycles. The molecule has 1 amide bonds. The first kappa shape index (κ1) is 60.0. The Labute approximate surface area is 389 Å². The van der Waals surface area contributed by atoms with Crippen molar-refractivity contribution in [3.8, 4) is 0 Å². The van der Waals surface area contributed by atoms with Crippen LogP contribution in [0.3, 0.4) is 0 Å². The number of hydrogen-bond donors (Lipinski definition) is 3. The van der Waals surface area contributed by atoms with E-state index in [1.807, 2.05) is 6.08 Å². The highest BCUT2D eigenvalue weighted by molar-refractivity contribution is 5.78. The molecule has 0 spiro atoms. The summed E-state index contributed by atoms with van der Waals surface area (Å²) in [7, 11) is 0. The van der Waals surface area contributed by atoms with Crippen molar-refractivity contribution in [1.82, 2.24) is 5.32 Å². The average Bonchev–Trinajstić information content (AvgIpc) is 3.28. The summed E-state index contributed by atoms with van der Waals surface area (Å²) in [5, 5.41) is 23.7. The fourth-order valence-corrected chi connectivity index (χ4v) is 7.48. The minimum atomic E-state index is -0.824. The number of unbranched alkanes of at least 4 members (excludes halogenated alkanes) is 22. The van der Waals surface area contributed by atoms with Crippen molar-refractivity contribution < 1.29 is 24.5 Å². The molecule has 362 valence electrons. The van der Waals surface area contributed by atoms with Crippen LogP contribution in [-0.2, 0) is 14.3 Å². The van der Waals surface area contributed by atoms with Gasteiger partial charge in [-0.3, -0.25) is 9.59 Å². The second kappa shape index (κ2) is 50.0. The van der Waals surface area contributed by atoms with Gasteiger partial charge in [0.15, 0.2) is 0 Å². The van der Waals surface area contributed by atoms with E-state index in [4.69, 9.17) is 4.74 Å². The van der Waals surface area contributed by atoms with Crippen LogP contribution in [0.15, 0.2) is 85.1 Å². The van der Waals surface area contributed by atoms with Crippen molar-refractivity contribution in [1.29, 1.82) is 0 Å². The highest BCUT2D eigenvalue weighted by atomic mass is 16.5. The number of ether oxygens (including phenoxy) is 1. The zero-order valence-electron chi connectivity index (χ0n) is 41.2. The summed E-state index contributed by atoms with van der Waals surface area (Å²) in [5.74, 6) is -0.643. The van der Waals surface area contributed by atoms with Crippen molar-refractivity contribution >= 4 is 11.9 Å². The number of nitrogens with one attached hydrogen (secondary N) is 1. The molecule has 3 atom stereocenters. The van der Waals surface area contributed by atoms with Crippen LogP contribution in [0.4, 0.5) is 0 Å².